The van der Waals surface area contributed by atoms with E-state index in [1.807, 2.05) is 0 Å². The minimum Gasteiger partial charge on any atom is -0.456 e. The molecule has 2 aromatic heterocycles. The number of nitrogens with zero attached hydrogens (tertiary/aromatic N) is 4. The fourth-order valence-corrected chi connectivity index (χ4v) is 1.44. The summed E-state index contributed by atoms with van der Waals surface area (Å²) in [5, 5.41) is 4.04. The summed E-state index contributed by atoms with van der Waals surface area (Å²) in [5.41, 5.74) is 5.53. The van der Waals surface area contributed by atoms with Crippen molar-refractivity contribution in [3.05, 3.63) is 30.4 Å². The largest absolute Gasteiger partial charge is 0.456 e. The molecule has 2 rings (SSSR count). The molecule has 0 aliphatic rings. The van der Waals surface area contributed by atoms with Gasteiger partial charge in [-0.2, -0.15) is 9.78 Å². The summed E-state index contributed by atoms with van der Waals surface area (Å²) in [7, 11) is 0. The molecule has 0 saturated heterocycles. The molecular formula is C12H15N5O2. The number of nitrogens with two attached hydrogens (primary N) is 1. The van der Waals surface area contributed by atoms with Gasteiger partial charge < -0.3 is 10.5 Å². The lowest BCUT2D eigenvalue weighted by Crippen LogP contribution is -2.24. The zero-order valence-corrected chi connectivity index (χ0v) is 11.0. The number of aromatic nitrogens is 4. The molecule has 0 atom stereocenters. The Morgan fingerprint density at radius 3 is 2.74 bits per heavy atom. The zero-order valence-electron chi connectivity index (χ0n) is 11.0. The van der Waals surface area contributed by atoms with E-state index in [1.54, 1.807) is 33.0 Å². The molecule has 0 bridgehead atoms. The van der Waals surface area contributed by atoms with Crippen molar-refractivity contribution < 1.29 is 9.53 Å². The van der Waals surface area contributed by atoms with Gasteiger partial charge in [0, 0.05) is 12.3 Å². The molecular weight excluding hydrogens is 246 g/mol. The fraction of sp³-hybridized carbons (Fsp3) is 0.333. The van der Waals surface area contributed by atoms with Gasteiger partial charge in [0.1, 0.15) is 23.3 Å². The lowest BCUT2D eigenvalue weighted by molar-refractivity contribution is 0.00708. The number of nitrogen functional groups attached to an aromatic ring is 1. The number of esters is 1. The number of rotatable bonds is 2. The molecule has 7 nitrogen and oxygen atoms in total. The van der Waals surface area contributed by atoms with Gasteiger partial charge in [-0.15, -0.1) is 0 Å². The molecule has 19 heavy (non-hydrogen) atoms. The highest BCUT2D eigenvalue weighted by molar-refractivity contribution is 5.94. The Balaban J connectivity index is 2.31. The van der Waals surface area contributed by atoms with E-state index < -0.39 is 11.6 Å². The standard InChI is InChI=1S/C12H15N5O2/c1-12(2,3)19-11(18)8-6-16-17(10(8)13)9-4-5-14-7-15-9/h4-7H,13H2,1-3H3. The van der Waals surface area contributed by atoms with Crippen LogP contribution in [-0.2, 0) is 4.74 Å². The molecule has 0 saturated carbocycles. The van der Waals surface area contributed by atoms with Gasteiger partial charge in [0.25, 0.3) is 0 Å². The van der Waals surface area contributed by atoms with Crippen molar-refractivity contribution in [2.75, 3.05) is 5.73 Å². The second-order valence-electron chi connectivity index (χ2n) is 4.92. The number of anilines is 1. The summed E-state index contributed by atoms with van der Waals surface area (Å²) in [5.74, 6) is 0.167. The second kappa shape index (κ2) is 4.68. The SMILES string of the molecule is CC(C)(C)OC(=O)c1cnn(-c2ccncn2)c1N. The van der Waals surface area contributed by atoms with Crippen LogP contribution in [0.5, 0.6) is 0 Å². The predicted octanol–water partition coefficient (Wildman–Crippen LogP) is 1.20. The molecule has 0 unspecified atom stereocenters. The van der Waals surface area contributed by atoms with E-state index in [1.165, 1.54) is 17.2 Å². The number of ether oxygens (including phenoxy) is 1. The first kappa shape index (κ1) is 13.0. The molecule has 0 aromatic carbocycles. The molecule has 0 radical (unpaired) electrons. The van der Waals surface area contributed by atoms with Crippen LogP contribution in [0.25, 0.3) is 5.82 Å². The molecule has 0 aliphatic carbocycles. The van der Waals surface area contributed by atoms with Gasteiger partial charge in [0.05, 0.1) is 6.20 Å². The Morgan fingerprint density at radius 1 is 1.42 bits per heavy atom. The summed E-state index contributed by atoms with van der Waals surface area (Å²) in [6, 6.07) is 1.64. The monoisotopic (exact) mass is 261 g/mol. The minimum atomic E-state index is -0.583. The fourth-order valence-electron chi connectivity index (χ4n) is 1.44. The Hall–Kier alpha value is -2.44. The average Bonchev–Trinajstić information content (AvgIpc) is 2.70. The predicted molar refractivity (Wildman–Crippen MR) is 68.7 cm³/mol. The number of hydrogen-bond acceptors (Lipinski definition) is 6. The molecule has 0 fully saturated rings. The quantitative estimate of drug-likeness (QED) is 0.816. The van der Waals surface area contributed by atoms with Gasteiger partial charge in [0.15, 0.2) is 5.82 Å². The van der Waals surface area contributed by atoms with Crippen LogP contribution in [0.15, 0.2) is 24.8 Å². The van der Waals surface area contributed by atoms with E-state index >= 15 is 0 Å². The maximum absolute atomic E-state index is 11.9. The Bertz CT molecular complexity index is 586. The van der Waals surface area contributed by atoms with Crippen molar-refractivity contribution in [1.29, 1.82) is 0 Å². The smallest absolute Gasteiger partial charge is 0.344 e. The Labute approximate surface area is 110 Å². The van der Waals surface area contributed by atoms with E-state index in [-0.39, 0.29) is 11.4 Å². The van der Waals surface area contributed by atoms with Crippen molar-refractivity contribution in [2.24, 2.45) is 0 Å². The first-order chi connectivity index (χ1) is 8.88. The Morgan fingerprint density at radius 2 is 2.16 bits per heavy atom. The number of carbonyl (C=O) groups is 1. The third-order valence-electron chi connectivity index (χ3n) is 2.21. The van der Waals surface area contributed by atoms with E-state index in [4.69, 9.17) is 10.5 Å². The van der Waals surface area contributed by atoms with E-state index in [9.17, 15) is 4.79 Å². The Kier molecular flexibility index (Phi) is 3.20. The summed E-state index contributed by atoms with van der Waals surface area (Å²) >= 11 is 0. The summed E-state index contributed by atoms with van der Waals surface area (Å²) < 4.78 is 6.61. The molecule has 7 heteroatoms. The van der Waals surface area contributed by atoms with Gasteiger partial charge in [-0.3, -0.25) is 0 Å². The third kappa shape index (κ3) is 2.87. The van der Waals surface area contributed by atoms with Gasteiger partial charge in [-0.25, -0.2) is 14.8 Å². The van der Waals surface area contributed by atoms with Crippen molar-refractivity contribution in [3.63, 3.8) is 0 Å². The molecule has 0 aliphatic heterocycles. The highest BCUT2D eigenvalue weighted by Crippen LogP contribution is 2.19. The zero-order chi connectivity index (χ0) is 14.0. The van der Waals surface area contributed by atoms with Gasteiger partial charge in [0.2, 0.25) is 0 Å². The maximum atomic E-state index is 11.9. The van der Waals surface area contributed by atoms with Gasteiger partial charge >= 0.3 is 5.97 Å². The van der Waals surface area contributed by atoms with Gasteiger partial charge in [-0.1, -0.05) is 0 Å². The van der Waals surface area contributed by atoms with Crippen LogP contribution in [0.2, 0.25) is 0 Å². The number of carbonyl (C=O) groups excluding carboxylic acids is 1. The van der Waals surface area contributed by atoms with Crippen LogP contribution < -0.4 is 5.73 Å². The molecule has 2 N–H and O–H groups in total. The number of hydrogen-bond donors (Lipinski definition) is 1. The molecule has 100 valence electrons. The van der Waals surface area contributed by atoms with Crippen LogP contribution >= 0.6 is 0 Å². The lowest BCUT2D eigenvalue weighted by atomic mass is 10.2. The van der Waals surface area contributed by atoms with Crippen LogP contribution in [0, 0.1) is 0 Å². The van der Waals surface area contributed by atoms with Crippen LogP contribution in [0.4, 0.5) is 5.82 Å². The molecule has 0 spiro atoms. The first-order valence-electron chi connectivity index (χ1n) is 5.72. The van der Waals surface area contributed by atoms with Crippen molar-refractivity contribution in [1.82, 2.24) is 19.7 Å². The highest BCUT2D eigenvalue weighted by atomic mass is 16.6. The lowest BCUT2D eigenvalue weighted by Gasteiger charge is -2.19. The van der Waals surface area contributed by atoms with Crippen LogP contribution in [0.1, 0.15) is 31.1 Å². The maximum Gasteiger partial charge on any atom is 0.344 e. The molecule has 2 aromatic rings. The van der Waals surface area contributed by atoms with E-state index in [0.29, 0.717) is 5.82 Å². The first-order valence-corrected chi connectivity index (χ1v) is 5.72. The van der Waals surface area contributed by atoms with E-state index in [2.05, 4.69) is 15.1 Å². The summed E-state index contributed by atoms with van der Waals surface area (Å²) in [4.78, 5) is 19.8. The van der Waals surface area contributed by atoms with E-state index in [0.717, 1.165) is 0 Å². The third-order valence-corrected chi connectivity index (χ3v) is 2.21. The average molecular weight is 261 g/mol. The topological polar surface area (TPSA) is 95.9 Å². The second-order valence-corrected chi connectivity index (χ2v) is 4.92. The van der Waals surface area contributed by atoms with Crippen molar-refractivity contribution in [3.8, 4) is 5.82 Å². The molecule has 2 heterocycles. The van der Waals surface area contributed by atoms with Crippen molar-refractivity contribution in [2.45, 2.75) is 26.4 Å². The van der Waals surface area contributed by atoms with Crippen LogP contribution in [-0.4, -0.2) is 31.3 Å². The minimum absolute atomic E-state index is 0.188. The molecule has 0 amide bonds. The van der Waals surface area contributed by atoms with Crippen LogP contribution in [0.3, 0.4) is 0 Å². The van der Waals surface area contributed by atoms with Crippen molar-refractivity contribution >= 4 is 11.8 Å². The highest BCUT2D eigenvalue weighted by Gasteiger charge is 2.23. The summed E-state index contributed by atoms with van der Waals surface area (Å²) in [6.45, 7) is 5.36. The summed E-state index contributed by atoms with van der Waals surface area (Å²) in [6.07, 6.45) is 4.31. The normalized spacial score (nSPS) is 11.3. The van der Waals surface area contributed by atoms with Gasteiger partial charge in [-0.05, 0) is 20.8 Å².